The molecule has 0 radical (unpaired) electrons. The number of hydrogen-bond acceptors (Lipinski definition) is 4. The SMILES string of the molecule is CCCN(c1nc(-c2ccc(Cl)cc2Cl)c(C)s1)C(COC)c1ccc(F)cc1. The second-order valence-electron chi connectivity index (χ2n) is 6.74. The Morgan fingerprint density at radius 1 is 1.17 bits per heavy atom. The summed E-state index contributed by atoms with van der Waals surface area (Å²) >= 11 is 14.1. The lowest BCUT2D eigenvalue weighted by Crippen LogP contribution is -2.32. The normalized spacial score (nSPS) is 12.2. The first-order valence-electron chi connectivity index (χ1n) is 9.38. The summed E-state index contributed by atoms with van der Waals surface area (Å²) in [5.74, 6) is -0.253. The minimum atomic E-state index is -0.253. The second kappa shape index (κ2) is 9.90. The lowest BCUT2D eigenvalue weighted by Gasteiger charge is -2.31. The summed E-state index contributed by atoms with van der Waals surface area (Å²) in [7, 11) is 1.67. The molecule has 0 saturated carbocycles. The number of aromatic nitrogens is 1. The average Bonchev–Trinajstić information content (AvgIpc) is 3.06. The highest BCUT2D eigenvalue weighted by Gasteiger charge is 2.25. The summed E-state index contributed by atoms with van der Waals surface area (Å²) in [6, 6.07) is 11.9. The number of halogens is 3. The highest BCUT2D eigenvalue weighted by atomic mass is 35.5. The van der Waals surface area contributed by atoms with Crippen LogP contribution in [0.5, 0.6) is 0 Å². The van der Waals surface area contributed by atoms with E-state index in [1.165, 1.54) is 12.1 Å². The van der Waals surface area contributed by atoms with Crippen LogP contribution in [0.25, 0.3) is 11.3 Å². The smallest absolute Gasteiger partial charge is 0.186 e. The van der Waals surface area contributed by atoms with Crippen LogP contribution in [0, 0.1) is 12.7 Å². The van der Waals surface area contributed by atoms with Crippen molar-refractivity contribution in [1.82, 2.24) is 4.98 Å². The molecule has 0 fully saturated rings. The maximum Gasteiger partial charge on any atom is 0.186 e. The van der Waals surface area contributed by atoms with E-state index >= 15 is 0 Å². The molecular formula is C22H23Cl2FN2OS. The van der Waals surface area contributed by atoms with Gasteiger partial charge in [-0.15, -0.1) is 11.3 Å². The Kier molecular flexibility index (Phi) is 7.52. The topological polar surface area (TPSA) is 25.4 Å². The molecule has 1 aromatic heterocycles. The Bertz CT molecular complexity index is 962. The summed E-state index contributed by atoms with van der Waals surface area (Å²) in [5.41, 5.74) is 2.70. The van der Waals surface area contributed by atoms with Gasteiger partial charge in [-0.1, -0.05) is 42.3 Å². The molecular weight excluding hydrogens is 430 g/mol. The van der Waals surface area contributed by atoms with E-state index in [1.807, 2.05) is 19.1 Å². The number of aryl methyl sites for hydroxylation is 1. The van der Waals surface area contributed by atoms with Gasteiger partial charge in [-0.3, -0.25) is 0 Å². The Labute approximate surface area is 185 Å². The van der Waals surface area contributed by atoms with Gasteiger partial charge in [0.05, 0.1) is 23.4 Å². The van der Waals surface area contributed by atoms with Gasteiger partial charge in [0.15, 0.2) is 5.13 Å². The summed E-state index contributed by atoms with van der Waals surface area (Å²) in [4.78, 5) is 8.22. The summed E-state index contributed by atoms with van der Waals surface area (Å²) in [6.45, 7) is 5.43. The lowest BCUT2D eigenvalue weighted by atomic mass is 10.1. The average molecular weight is 453 g/mol. The number of rotatable bonds is 8. The molecule has 2 aromatic carbocycles. The number of thiazole rings is 1. The van der Waals surface area contributed by atoms with Crippen LogP contribution < -0.4 is 4.90 Å². The number of nitrogens with zero attached hydrogens (tertiary/aromatic N) is 2. The van der Waals surface area contributed by atoms with E-state index < -0.39 is 0 Å². The molecule has 1 atom stereocenters. The van der Waals surface area contributed by atoms with Crippen molar-refractivity contribution in [2.75, 3.05) is 25.2 Å². The van der Waals surface area contributed by atoms with Crippen LogP contribution in [0.2, 0.25) is 10.0 Å². The summed E-state index contributed by atoms with van der Waals surface area (Å²) in [5, 5.41) is 2.05. The lowest BCUT2D eigenvalue weighted by molar-refractivity contribution is 0.177. The van der Waals surface area contributed by atoms with Crippen LogP contribution in [-0.2, 0) is 4.74 Å². The highest BCUT2D eigenvalue weighted by molar-refractivity contribution is 7.16. The monoisotopic (exact) mass is 452 g/mol. The number of hydrogen-bond donors (Lipinski definition) is 0. The van der Waals surface area contributed by atoms with Crippen LogP contribution in [0.15, 0.2) is 42.5 Å². The van der Waals surface area contributed by atoms with Gasteiger partial charge in [-0.2, -0.15) is 0 Å². The van der Waals surface area contributed by atoms with E-state index in [2.05, 4.69) is 11.8 Å². The summed E-state index contributed by atoms with van der Waals surface area (Å²) in [6.07, 6.45) is 0.942. The fraction of sp³-hybridized carbons (Fsp3) is 0.318. The van der Waals surface area contributed by atoms with Crippen molar-refractivity contribution in [3.05, 3.63) is 68.8 Å². The van der Waals surface area contributed by atoms with E-state index in [4.69, 9.17) is 32.9 Å². The van der Waals surface area contributed by atoms with Crippen molar-refractivity contribution in [1.29, 1.82) is 0 Å². The van der Waals surface area contributed by atoms with Crippen molar-refractivity contribution in [3.63, 3.8) is 0 Å². The predicted octanol–water partition coefficient (Wildman–Crippen LogP) is 7.17. The Hall–Kier alpha value is -1.66. The van der Waals surface area contributed by atoms with E-state index in [1.54, 1.807) is 36.6 Å². The second-order valence-corrected chi connectivity index (χ2v) is 8.77. The first-order valence-corrected chi connectivity index (χ1v) is 11.0. The fourth-order valence-corrected chi connectivity index (χ4v) is 4.77. The van der Waals surface area contributed by atoms with Gasteiger partial charge >= 0.3 is 0 Å². The zero-order valence-electron chi connectivity index (χ0n) is 16.6. The molecule has 0 N–H and O–H groups in total. The third-order valence-corrected chi connectivity index (χ3v) is 6.19. The van der Waals surface area contributed by atoms with Crippen LogP contribution >= 0.6 is 34.5 Å². The van der Waals surface area contributed by atoms with Gasteiger partial charge in [0.2, 0.25) is 0 Å². The third-order valence-electron chi connectivity index (χ3n) is 4.64. The van der Waals surface area contributed by atoms with Crippen LogP contribution in [-0.4, -0.2) is 25.2 Å². The molecule has 0 aliphatic carbocycles. The minimum Gasteiger partial charge on any atom is -0.382 e. The molecule has 0 aliphatic heterocycles. The maximum absolute atomic E-state index is 13.4. The molecule has 0 spiro atoms. The molecule has 0 amide bonds. The molecule has 3 aromatic rings. The molecule has 3 nitrogen and oxygen atoms in total. The molecule has 0 saturated heterocycles. The molecule has 1 heterocycles. The van der Waals surface area contributed by atoms with E-state index in [9.17, 15) is 4.39 Å². The van der Waals surface area contributed by atoms with Gasteiger partial charge in [0, 0.05) is 29.1 Å². The van der Waals surface area contributed by atoms with Gasteiger partial charge in [-0.05, 0) is 49.2 Å². The minimum absolute atomic E-state index is 0.0698. The third kappa shape index (κ3) is 5.10. The molecule has 7 heteroatoms. The number of anilines is 1. The van der Waals surface area contributed by atoms with Crippen LogP contribution in [0.1, 0.15) is 29.8 Å². The summed E-state index contributed by atoms with van der Waals surface area (Å²) < 4.78 is 18.9. The number of methoxy groups -OCH3 is 1. The van der Waals surface area contributed by atoms with Gasteiger partial charge < -0.3 is 9.64 Å². The van der Waals surface area contributed by atoms with Crippen molar-refractivity contribution in [3.8, 4) is 11.3 Å². The van der Waals surface area contributed by atoms with Crippen molar-refractivity contribution in [2.24, 2.45) is 0 Å². The maximum atomic E-state index is 13.4. The predicted molar refractivity (Wildman–Crippen MR) is 121 cm³/mol. The standard InChI is InChI=1S/C22H23Cl2FN2OS/c1-4-11-27(20(13-28-3)15-5-8-17(25)9-6-15)22-26-21(14(2)29-22)18-10-7-16(23)12-19(18)24/h5-10,12,20H,4,11,13H2,1-3H3. The van der Waals surface area contributed by atoms with Crippen molar-refractivity contribution in [2.45, 2.75) is 26.3 Å². The number of ether oxygens (including phenoxy) is 1. The van der Waals surface area contributed by atoms with Gasteiger partial charge in [0.25, 0.3) is 0 Å². The Balaban J connectivity index is 2.03. The zero-order chi connectivity index (χ0) is 21.0. The molecule has 1 unspecified atom stereocenters. The first kappa shape index (κ1) is 22.0. The molecule has 0 aliphatic rings. The highest BCUT2D eigenvalue weighted by Crippen LogP contribution is 2.39. The fourth-order valence-electron chi connectivity index (χ4n) is 3.27. The van der Waals surface area contributed by atoms with Gasteiger partial charge in [0.1, 0.15) is 5.82 Å². The van der Waals surface area contributed by atoms with E-state index in [-0.39, 0.29) is 11.9 Å². The van der Waals surface area contributed by atoms with Crippen LogP contribution in [0.4, 0.5) is 9.52 Å². The molecule has 154 valence electrons. The quantitative estimate of drug-likeness (QED) is 0.362. The van der Waals surface area contributed by atoms with Crippen molar-refractivity contribution >= 4 is 39.7 Å². The molecule has 0 bridgehead atoms. The van der Waals surface area contributed by atoms with E-state index in [0.29, 0.717) is 16.7 Å². The molecule has 3 rings (SSSR count). The van der Waals surface area contributed by atoms with Gasteiger partial charge in [-0.25, -0.2) is 9.37 Å². The van der Waals surface area contributed by atoms with Crippen molar-refractivity contribution < 1.29 is 9.13 Å². The zero-order valence-corrected chi connectivity index (χ0v) is 18.9. The Morgan fingerprint density at radius 2 is 1.90 bits per heavy atom. The van der Waals surface area contributed by atoms with Crippen LogP contribution in [0.3, 0.4) is 0 Å². The first-order chi connectivity index (χ1) is 13.9. The largest absolute Gasteiger partial charge is 0.382 e. The molecule has 29 heavy (non-hydrogen) atoms. The Morgan fingerprint density at radius 3 is 2.52 bits per heavy atom. The number of benzene rings is 2. The van der Waals surface area contributed by atoms with E-state index in [0.717, 1.165) is 39.8 Å².